The van der Waals surface area contributed by atoms with E-state index in [2.05, 4.69) is 10.6 Å². The molecular weight excluding hydrogens is 470 g/mol. The highest BCUT2D eigenvalue weighted by molar-refractivity contribution is 7.99. The van der Waals surface area contributed by atoms with E-state index in [9.17, 15) is 19.2 Å². The van der Waals surface area contributed by atoms with E-state index in [-0.39, 0.29) is 23.2 Å². The molecule has 2 aromatic rings. The van der Waals surface area contributed by atoms with Gasteiger partial charge in [-0.15, -0.1) is 11.8 Å². The summed E-state index contributed by atoms with van der Waals surface area (Å²) in [4.78, 5) is 51.0. The number of rotatable bonds is 6. The van der Waals surface area contributed by atoms with Gasteiger partial charge in [0, 0.05) is 11.4 Å². The smallest absolute Gasteiger partial charge is 0.335 e. The summed E-state index contributed by atoms with van der Waals surface area (Å²) in [6, 6.07) is 12.0. The average Bonchev–Trinajstić information content (AvgIpc) is 3.16. The van der Waals surface area contributed by atoms with E-state index in [0.29, 0.717) is 5.75 Å². The fraction of sp³-hybridized carbons (Fsp3) is 0.360. The van der Waals surface area contributed by atoms with Gasteiger partial charge >= 0.3 is 18.0 Å². The molecule has 1 fully saturated rings. The first-order chi connectivity index (χ1) is 16.4. The molecule has 3 N–H and O–H groups in total. The Hall–Kier alpha value is -3.37. The van der Waals surface area contributed by atoms with Crippen LogP contribution in [0.1, 0.15) is 47.6 Å². The summed E-state index contributed by atoms with van der Waals surface area (Å²) < 4.78 is 5.59. The molecule has 1 aliphatic heterocycles. The molecule has 1 aliphatic rings. The van der Waals surface area contributed by atoms with Gasteiger partial charge in [0.1, 0.15) is 11.6 Å². The predicted molar refractivity (Wildman–Crippen MR) is 133 cm³/mol. The number of aromatic carboxylic acids is 1. The molecule has 0 aliphatic carbocycles. The van der Waals surface area contributed by atoms with Gasteiger partial charge in [0.15, 0.2) is 0 Å². The van der Waals surface area contributed by atoms with Crippen LogP contribution in [0.2, 0.25) is 0 Å². The van der Waals surface area contributed by atoms with E-state index >= 15 is 0 Å². The van der Waals surface area contributed by atoms with Crippen molar-refractivity contribution in [3.05, 3.63) is 65.2 Å². The summed E-state index contributed by atoms with van der Waals surface area (Å²) >= 11 is 1.54. The number of nitrogens with zero attached hydrogens (tertiary/aromatic N) is 1. The Balaban J connectivity index is 1.74. The quantitative estimate of drug-likeness (QED) is 0.513. The first-order valence-electron chi connectivity index (χ1n) is 11.0. The number of benzene rings is 2. The maximum Gasteiger partial charge on any atom is 0.335 e. The van der Waals surface area contributed by atoms with Crippen LogP contribution in [0, 0.1) is 6.92 Å². The van der Waals surface area contributed by atoms with E-state index < -0.39 is 35.5 Å². The Morgan fingerprint density at radius 3 is 2.49 bits per heavy atom. The van der Waals surface area contributed by atoms with Gasteiger partial charge in [0.05, 0.1) is 17.5 Å². The minimum atomic E-state index is -1.13. The summed E-state index contributed by atoms with van der Waals surface area (Å²) in [6.45, 7) is 7.11. The lowest BCUT2D eigenvalue weighted by molar-refractivity contribution is -0.160. The van der Waals surface area contributed by atoms with Crippen molar-refractivity contribution in [2.75, 3.05) is 17.6 Å². The number of urea groups is 1. The molecular formula is C25H29N3O6S. The molecule has 186 valence electrons. The van der Waals surface area contributed by atoms with Crippen molar-refractivity contribution in [1.29, 1.82) is 0 Å². The summed E-state index contributed by atoms with van der Waals surface area (Å²) in [6.07, 6.45) is 0. The Morgan fingerprint density at radius 1 is 1.11 bits per heavy atom. The van der Waals surface area contributed by atoms with Gasteiger partial charge < -0.3 is 15.2 Å². The number of hydrogen-bond acceptors (Lipinski definition) is 7. The zero-order valence-electron chi connectivity index (χ0n) is 20.0. The molecule has 1 heterocycles. The predicted octanol–water partition coefficient (Wildman–Crippen LogP) is 3.80. The summed E-state index contributed by atoms with van der Waals surface area (Å²) in [5.41, 5.74) is 1.56. The number of ether oxygens (including phenoxy) is 1. The van der Waals surface area contributed by atoms with Crippen LogP contribution in [0.15, 0.2) is 48.5 Å². The van der Waals surface area contributed by atoms with E-state index in [0.717, 1.165) is 11.1 Å². The minimum Gasteiger partial charge on any atom is -0.478 e. The number of carbonyl (C=O) groups is 4. The number of aryl methyl sites for hydroxylation is 1. The lowest BCUT2D eigenvalue weighted by Gasteiger charge is -2.30. The highest BCUT2D eigenvalue weighted by atomic mass is 32.2. The third kappa shape index (κ3) is 7.06. The van der Waals surface area contributed by atoms with Crippen LogP contribution in [-0.2, 0) is 14.3 Å². The van der Waals surface area contributed by atoms with E-state index in [1.54, 1.807) is 25.7 Å². The molecule has 9 nitrogen and oxygen atoms in total. The number of esters is 1. The second-order valence-electron chi connectivity index (χ2n) is 9.15. The Morgan fingerprint density at radius 2 is 1.83 bits per heavy atom. The monoisotopic (exact) mass is 499 g/mol. The second kappa shape index (κ2) is 10.9. The normalized spacial score (nSPS) is 18.1. The highest BCUT2D eigenvalue weighted by Gasteiger charge is 2.42. The number of nitrogens with one attached hydrogen (secondary N) is 2. The Labute approximate surface area is 208 Å². The third-order valence-corrected chi connectivity index (χ3v) is 6.54. The zero-order valence-corrected chi connectivity index (χ0v) is 20.8. The second-order valence-corrected chi connectivity index (χ2v) is 10.3. The summed E-state index contributed by atoms with van der Waals surface area (Å²) in [5, 5.41) is 13.5. The van der Waals surface area contributed by atoms with Crippen LogP contribution in [0.3, 0.4) is 0 Å². The number of hydrogen-bond donors (Lipinski definition) is 3. The van der Waals surface area contributed by atoms with Crippen molar-refractivity contribution in [3.8, 4) is 0 Å². The lowest BCUT2D eigenvalue weighted by Crippen LogP contribution is -2.48. The highest BCUT2D eigenvalue weighted by Crippen LogP contribution is 2.42. The number of carboxylic acids is 1. The third-order valence-electron chi connectivity index (χ3n) is 5.19. The molecule has 0 radical (unpaired) electrons. The van der Waals surface area contributed by atoms with Gasteiger partial charge in [0.2, 0.25) is 5.91 Å². The molecule has 35 heavy (non-hydrogen) atoms. The number of carboxylic acid groups (broad SMARTS) is 1. The minimum absolute atomic E-state index is 0.00416. The number of anilines is 1. The standard InChI is InChI=1S/C25H29N3O6S/c1-15-8-5-6-11-18(15)21-28(19(14-35-21)23(32)34-25(2,3)4)13-20(29)27-24(33)26-17-10-7-9-16(12-17)22(30)31/h5-12,19,21H,13-14H2,1-4H3,(H,30,31)(H2,26,27,29,33). The van der Waals surface area contributed by atoms with Gasteiger partial charge in [-0.05, 0) is 57.0 Å². The largest absolute Gasteiger partial charge is 0.478 e. The van der Waals surface area contributed by atoms with Crippen molar-refractivity contribution in [3.63, 3.8) is 0 Å². The SMILES string of the molecule is Cc1ccccc1C1SCC(C(=O)OC(C)(C)C)N1CC(=O)NC(=O)Nc1cccc(C(=O)O)c1. The summed E-state index contributed by atoms with van der Waals surface area (Å²) in [5.74, 6) is -1.72. The maximum atomic E-state index is 12.9. The van der Waals surface area contributed by atoms with Gasteiger partial charge in [-0.3, -0.25) is 19.8 Å². The van der Waals surface area contributed by atoms with Gasteiger partial charge in [-0.1, -0.05) is 30.3 Å². The molecule has 2 aromatic carbocycles. The maximum absolute atomic E-state index is 12.9. The fourth-order valence-corrected chi connectivity index (χ4v) is 5.21. The van der Waals surface area contributed by atoms with Crippen molar-refractivity contribution in [1.82, 2.24) is 10.2 Å². The Kier molecular flexibility index (Phi) is 8.18. The number of amides is 3. The molecule has 10 heteroatoms. The topological polar surface area (TPSA) is 125 Å². The van der Waals surface area contributed by atoms with Gasteiger partial charge in [0.25, 0.3) is 0 Å². The van der Waals surface area contributed by atoms with Crippen molar-refractivity contribution in [2.45, 2.75) is 44.7 Å². The first-order valence-corrected chi connectivity index (χ1v) is 12.1. The molecule has 0 aromatic heterocycles. The van der Waals surface area contributed by atoms with E-state index in [4.69, 9.17) is 9.84 Å². The average molecular weight is 500 g/mol. The Bertz CT molecular complexity index is 1130. The first kappa shape index (κ1) is 26.2. The van der Waals surface area contributed by atoms with Crippen LogP contribution >= 0.6 is 11.8 Å². The molecule has 0 bridgehead atoms. The van der Waals surface area contributed by atoms with Crippen molar-refractivity contribution >= 4 is 41.3 Å². The van der Waals surface area contributed by atoms with Crippen molar-refractivity contribution in [2.24, 2.45) is 0 Å². The van der Waals surface area contributed by atoms with E-state index in [1.165, 1.54) is 36.0 Å². The van der Waals surface area contributed by atoms with Crippen molar-refractivity contribution < 1.29 is 29.0 Å². The molecule has 0 saturated carbocycles. The molecule has 1 saturated heterocycles. The molecule has 3 rings (SSSR count). The lowest BCUT2D eigenvalue weighted by atomic mass is 10.1. The van der Waals surface area contributed by atoms with Crippen LogP contribution in [-0.4, -0.2) is 57.8 Å². The number of imide groups is 1. The van der Waals surface area contributed by atoms with Gasteiger partial charge in [-0.2, -0.15) is 0 Å². The van der Waals surface area contributed by atoms with E-state index in [1.807, 2.05) is 31.2 Å². The number of thioether (sulfide) groups is 1. The fourth-order valence-electron chi connectivity index (χ4n) is 3.66. The molecule has 2 unspecified atom stereocenters. The molecule has 2 atom stereocenters. The zero-order chi connectivity index (χ0) is 25.8. The summed E-state index contributed by atoms with van der Waals surface area (Å²) in [7, 11) is 0. The van der Waals surface area contributed by atoms with Crippen LogP contribution in [0.5, 0.6) is 0 Å². The number of carbonyl (C=O) groups excluding carboxylic acids is 3. The van der Waals surface area contributed by atoms with Crippen LogP contribution in [0.4, 0.5) is 10.5 Å². The molecule has 3 amide bonds. The van der Waals surface area contributed by atoms with Crippen LogP contribution in [0.25, 0.3) is 0 Å². The van der Waals surface area contributed by atoms with Gasteiger partial charge in [-0.25, -0.2) is 9.59 Å². The molecule has 0 spiro atoms. The van der Waals surface area contributed by atoms with Crippen LogP contribution < -0.4 is 10.6 Å².